The fourth-order valence-corrected chi connectivity index (χ4v) is 4.78. The van der Waals surface area contributed by atoms with Gasteiger partial charge in [-0.2, -0.15) is 13.2 Å². The van der Waals surface area contributed by atoms with Gasteiger partial charge in [0.15, 0.2) is 0 Å². The highest BCUT2D eigenvalue weighted by Crippen LogP contribution is 2.42. The quantitative estimate of drug-likeness (QED) is 0.0532. The van der Waals surface area contributed by atoms with Crippen LogP contribution in [0.25, 0.3) is 0 Å². The molecule has 1 heterocycles. The molecule has 1 saturated heterocycles. The van der Waals surface area contributed by atoms with Gasteiger partial charge in [0.2, 0.25) is 17.5 Å². The number of hydrogen-bond acceptors (Lipinski definition) is 8. The number of hydrogen-bond donors (Lipinski definition) is 8. The second-order valence-electron chi connectivity index (χ2n) is 10.6. The second kappa shape index (κ2) is 16.7. The summed E-state index contributed by atoms with van der Waals surface area (Å²) in [5, 5.41) is 29.2. The molecule has 0 aromatic heterocycles. The van der Waals surface area contributed by atoms with Crippen molar-refractivity contribution in [1.29, 1.82) is 0 Å². The van der Waals surface area contributed by atoms with Gasteiger partial charge in [0.25, 0.3) is 5.91 Å². The number of unbranched alkanes of at least 4 members (excludes halogenated alkanes) is 1. The number of carboxylic acid groups (broad SMARTS) is 1. The van der Waals surface area contributed by atoms with Gasteiger partial charge in [0.05, 0.1) is 11.5 Å². The molecule has 8 N–H and O–H groups in total. The standard InChI is InChI=1S/C31H35F3N6O6S/c1-2-17-36-29(46)26(19-11-15-22(41)16-12-19)38-28(45)23(6-3-4-18-35-24(47)7-5-8-25(42)43)37-27(44)20-9-13-21(14-10-20)30(39-40-30)31(32,33)34/h1,9-16,23,26,39-41H,3-8,17-18H2,(H,35,47)(H,36,46)(H,37,44)(H,38,45)(H,42,43)/t23-,26-/m0/s1. The molecule has 1 aliphatic heterocycles. The first-order chi connectivity index (χ1) is 22.3. The van der Waals surface area contributed by atoms with E-state index in [1.807, 2.05) is 0 Å². The van der Waals surface area contributed by atoms with Gasteiger partial charge in [-0.25, -0.2) is 10.9 Å². The Morgan fingerprint density at radius 3 is 2.15 bits per heavy atom. The van der Waals surface area contributed by atoms with Crippen LogP contribution in [-0.4, -0.2) is 64.2 Å². The Balaban J connectivity index is 1.72. The number of amides is 3. The van der Waals surface area contributed by atoms with Gasteiger partial charge in [-0.05, 0) is 67.5 Å². The Labute approximate surface area is 274 Å². The van der Waals surface area contributed by atoms with E-state index >= 15 is 0 Å². The van der Waals surface area contributed by atoms with E-state index in [0.29, 0.717) is 42.8 Å². The largest absolute Gasteiger partial charge is 0.508 e. The topological polar surface area (TPSA) is 201 Å². The summed E-state index contributed by atoms with van der Waals surface area (Å²) >= 11 is 5.21. The number of phenolic OH excluding ortho intramolecular Hbond substituents is 1. The molecule has 0 spiro atoms. The molecule has 16 heteroatoms. The molecule has 1 fully saturated rings. The highest BCUT2D eigenvalue weighted by atomic mass is 32.1. The SMILES string of the molecule is C#CCNC(=O)[C@@H](NC(=O)[C@H](CCCCNC(=S)CCCC(=O)O)NC(=O)c1ccc(C2(C(F)(F)F)NN2)cc1)c1ccc(O)cc1. The second-order valence-corrected chi connectivity index (χ2v) is 11.1. The molecular formula is C31H35F3N6O6S. The van der Waals surface area contributed by atoms with Crippen LogP contribution in [0.15, 0.2) is 48.5 Å². The number of nitrogens with one attached hydrogen (secondary N) is 6. The van der Waals surface area contributed by atoms with Crippen LogP contribution < -0.4 is 32.1 Å². The predicted molar refractivity (Wildman–Crippen MR) is 168 cm³/mol. The lowest BCUT2D eigenvalue weighted by molar-refractivity contribution is -0.165. The molecule has 47 heavy (non-hydrogen) atoms. The number of aliphatic carboxylic acids is 1. The monoisotopic (exact) mass is 676 g/mol. The van der Waals surface area contributed by atoms with Crippen LogP contribution in [0.3, 0.4) is 0 Å². The van der Waals surface area contributed by atoms with Crippen molar-refractivity contribution in [2.24, 2.45) is 0 Å². The van der Waals surface area contributed by atoms with Crippen molar-refractivity contribution in [3.05, 3.63) is 65.2 Å². The summed E-state index contributed by atoms with van der Waals surface area (Å²) in [4.78, 5) is 50.9. The third-order valence-electron chi connectivity index (χ3n) is 7.18. The summed E-state index contributed by atoms with van der Waals surface area (Å²) in [6, 6.07) is 7.84. The van der Waals surface area contributed by atoms with E-state index in [4.69, 9.17) is 23.7 Å². The van der Waals surface area contributed by atoms with Gasteiger partial charge in [-0.15, -0.1) is 6.42 Å². The highest BCUT2D eigenvalue weighted by molar-refractivity contribution is 7.80. The minimum atomic E-state index is -4.63. The molecule has 252 valence electrons. The Bertz CT molecular complexity index is 1480. The normalized spacial score (nSPS) is 14.5. The lowest BCUT2D eigenvalue weighted by atomic mass is 10.0. The highest BCUT2D eigenvalue weighted by Gasteiger charge is 2.65. The summed E-state index contributed by atoms with van der Waals surface area (Å²) in [6.45, 7) is 0.300. The number of carbonyl (C=O) groups is 4. The predicted octanol–water partition coefficient (Wildman–Crippen LogP) is 2.26. The average molecular weight is 677 g/mol. The van der Waals surface area contributed by atoms with Crippen LogP contribution in [0.4, 0.5) is 13.2 Å². The first kappa shape index (κ1) is 36.7. The Morgan fingerprint density at radius 2 is 1.57 bits per heavy atom. The number of benzene rings is 2. The molecule has 2 aromatic rings. The molecule has 0 aliphatic carbocycles. The molecule has 3 amide bonds. The minimum absolute atomic E-state index is 0.000233. The van der Waals surface area contributed by atoms with Crippen molar-refractivity contribution < 1.29 is 42.6 Å². The number of thiocarbonyl (C=S) groups is 1. The number of aromatic hydroxyl groups is 1. The fraction of sp³-hybridized carbons (Fsp3) is 0.387. The third kappa shape index (κ3) is 10.7. The summed E-state index contributed by atoms with van der Waals surface area (Å²) in [5.74, 6) is -0.799. The Kier molecular flexibility index (Phi) is 13.1. The average Bonchev–Trinajstić information content (AvgIpc) is 3.85. The molecule has 2 aromatic carbocycles. The minimum Gasteiger partial charge on any atom is -0.508 e. The van der Waals surface area contributed by atoms with Crippen LogP contribution in [0.2, 0.25) is 0 Å². The van der Waals surface area contributed by atoms with Gasteiger partial charge < -0.3 is 31.5 Å². The zero-order valence-corrected chi connectivity index (χ0v) is 25.9. The van der Waals surface area contributed by atoms with Crippen LogP contribution in [-0.2, 0) is 20.0 Å². The molecular weight excluding hydrogens is 641 g/mol. The van der Waals surface area contributed by atoms with Gasteiger partial charge in [0, 0.05) is 18.5 Å². The molecule has 0 saturated carbocycles. The summed E-state index contributed by atoms with van der Waals surface area (Å²) < 4.78 is 40.3. The van der Waals surface area contributed by atoms with Gasteiger partial charge in [0.1, 0.15) is 17.8 Å². The molecule has 3 rings (SSSR count). The van der Waals surface area contributed by atoms with E-state index in [2.05, 4.69) is 38.0 Å². The number of alkyl halides is 3. The lowest BCUT2D eigenvalue weighted by Gasteiger charge is -2.23. The van der Waals surface area contributed by atoms with E-state index < -0.39 is 47.6 Å². The first-order valence-electron chi connectivity index (χ1n) is 14.6. The molecule has 1 aliphatic rings. The Morgan fingerprint density at radius 1 is 0.915 bits per heavy atom. The molecule has 0 unspecified atom stereocenters. The molecule has 0 bridgehead atoms. The number of carboxylic acids is 1. The van der Waals surface area contributed by atoms with Gasteiger partial charge in [-0.3, -0.25) is 19.2 Å². The van der Waals surface area contributed by atoms with E-state index in [-0.39, 0.29) is 36.3 Å². The fourth-order valence-electron chi connectivity index (χ4n) is 4.53. The van der Waals surface area contributed by atoms with Crippen molar-refractivity contribution in [2.45, 2.75) is 62.4 Å². The van der Waals surface area contributed by atoms with Crippen LogP contribution in [0.1, 0.15) is 66.1 Å². The Hall–Kier alpha value is -4.72. The van der Waals surface area contributed by atoms with E-state index in [9.17, 15) is 37.5 Å². The number of rotatable bonds is 17. The van der Waals surface area contributed by atoms with Crippen LogP contribution in [0, 0.1) is 12.3 Å². The van der Waals surface area contributed by atoms with Gasteiger partial charge >= 0.3 is 12.1 Å². The smallest absolute Gasteiger partial charge is 0.426 e. The number of phenols is 1. The summed E-state index contributed by atoms with van der Waals surface area (Å²) in [6.07, 6.45) is 2.43. The maximum Gasteiger partial charge on any atom is 0.426 e. The molecule has 12 nitrogen and oxygen atoms in total. The van der Waals surface area contributed by atoms with Crippen molar-refractivity contribution in [3.63, 3.8) is 0 Å². The third-order valence-corrected chi connectivity index (χ3v) is 7.53. The zero-order valence-electron chi connectivity index (χ0n) is 25.1. The van der Waals surface area contributed by atoms with Crippen LogP contribution >= 0.6 is 12.2 Å². The van der Waals surface area contributed by atoms with Gasteiger partial charge in [-0.1, -0.05) is 42.4 Å². The number of halogens is 3. The van der Waals surface area contributed by atoms with Crippen molar-refractivity contribution in [3.8, 4) is 18.1 Å². The molecule has 0 radical (unpaired) electrons. The molecule has 2 atom stereocenters. The van der Waals surface area contributed by atoms with Crippen molar-refractivity contribution >= 4 is 40.9 Å². The lowest BCUT2D eigenvalue weighted by Crippen LogP contribution is -2.50. The van der Waals surface area contributed by atoms with E-state index in [0.717, 1.165) is 12.1 Å². The van der Waals surface area contributed by atoms with Crippen molar-refractivity contribution in [1.82, 2.24) is 32.1 Å². The summed E-state index contributed by atoms with van der Waals surface area (Å²) in [7, 11) is 0. The summed E-state index contributed by atoms with van der Waals surface area (Å²) in [5.41, 5.74) is 1.95. The van der Waals surface area contributed by atoms with E-state index in [1.165, 1.54) is 36.4 Å². The first-order valence-corrected chi connectivity index (χ1v) is 15.0. The maximum atomic E-state index is 13.6. The van der Waals surface area contributed by atoms with E-state index in [1.54, 1.807) is 0 Å². The zero-order chi connectivity index (χ0) is 34.6. The maximum absolute atomic E-state index is 13.6. The van der Waals surface area contributed by atoms with Crippen molar-refractivity contribution in [2.75, 3.05) is 13.1 Å². The number of terminal acetylenes is 1. The number of hydrazine groups is 1. The van der Waals surface area contributed by atoms with Crippen LogP contribution in [0.5, 0.6) is 5.75 Å². The number of carbonyl (C=O) groups excluding carboxylic acids is 3.